The molecule has 1 heterocycles. The molecule has 0 aliphatic carbocycles. The summed E-state index contributed by atoms with van der Waals surface area (Å²) >= 11 is 0. The summed E-state index contributed by atoms with van der Waals surface area (Å²) in [5, 5.41) is 0. The molecule has 0 atom stereocenters. The fourth-order valence-electron chi connectivity index (χ4n) is 2.60. The molecule has 0 unspecified atom stereocenters. The highest BCUT2D eigenvalue weighted by Crippen LogP contribution is 2.22. The predicted molar refractivity (Wildman–Crippen MR) is 83.7 cm³/mol. The number of nitrogens with zero attached hydrogens (tertiary/aromatic N) is 3. The Kier molecular flexibility index (Phi) is 5.15. The first kappa shape index (κ1) is 15.0. The first-order valence-corrected chi connectivity index (χ1v) is 7.30. The van der Waals surface area contributed by atoms with Crippen LogP contribution in [0.25, 0.3) is 0 Å². The lowest BCUT2D eigenvalue weighted by Gasteiger charge is -2.37. The molecule has 0 aromatic heterocycles. The summed E-state index contributed by atoms with van der Waals surface area (Å²) in [6.45, 7) is 8.00. The van der Waals surface area contributed by atoms with E-state index in [-0.39, 0.29) is 5.78 Å². The van der Waals surface area contributed by atoms with Crippen LogP contribution < -0.4 is 4.90 Å². The SMILES string of the molecule is CC(=O)c1ccccc1N1CCN(CCN(C)C)CC1. The van der Waals surface area contributed by atoms with Crippen LogP contribution in [0.1, 0.15) is 17.3 Å². The monoisotopic (exact) mass is 275 g/mol. The highest BCUT2D eigenvalue weighted by molar-refractivity contribution is 5.99. The number of rotatable bonds is 5. The van der Waals surface area contributed by atoms with E-state index in [1.807, 2.05) is 18.2 Å². The molecular formula is C16H25N3O. The van der Waals surface area contributed by atoms with Crippen LogP contribution in [0.3, 0.4) is 0 Å². The average Bonchev–Trinajstić information content (AvgIpc) is 2.45. The Morgan fingerprint density at radius 2 is 1.80 bits per heavy atom. The van der Waals surface area contributed by atoms with Crippen molar-refractivity contribution in [1.29, 1.82) is 0 Å². The Morgan fingerprint density at radius 1 is 1.15 bits per heavy atom. The smallest absolute Gasteiger partial charge is 0.161 e. The van der Waals surface area contributed by atoms with E-state index in [0.717, 1.165) is 50.5 Å². The summed E-state index contributed by atoms with van der Waals surface area (Å²) in [6, 6.07) is 7.94. The summed E-state index contributed by atoms with van der Waals surface area (Å²) in [7, 11) is 4.22. The third-order valence-corrected chi connectivity index (χ3v) is 3.86. The van der Waals surface area contributed by atoms with Crippen LogP contribution in [0, 0.1) is 0 Å². The third kappa shape index (κ3) is 3.81. The first-order valence-electron chi connectivity index (χ1n) is 7.30. The van der Waals surface area contributed by atoms with Gasteiger partial charge in [0.1, 0.15) is 0 Å². The number of Topliss-reactive ketones (excluding diaryl/α,β-unsaturated/α-hetero) is 1. The summed E-state index contributed by atoms with van der Waals surface area (Å²) in [6.07, 6.45) is 0. The van der Waals surface area contributed by atoms with Crippen LogP contribution in [-0.4, -0.2) is 68.9 Å². The molecule has 0 N–H and O–H groups in total. The number of anilines is 1. The molecule has 4 nitrogen and oxygen atoms in total. The molecular weight excluding hydrogens is 250 g/mol. The molecule has 1 aliphatic heterocycles. The number of carbonyl (C=O) groups excluding carboxylic acids is 1. The van der Waals surface area contributed by atoms with Crippen molar-refractivity contribution in [3.8, 4) is 0 Å². The van der Waals surface area contributed by atoms with Crippen molar-refractivity contribution < 1.29 is 4.79 Å². The predicted octanol–water partition coefficient (Wildman–Crippen LogP) is 1.57. The second-order valence-corrected chi connectivity index (χ2v) is 5.71. The van der Waals surface area contributed by atoms with Crippen LogP contribution in [0.2, 0.25) is 0 Å². The summed E-state index contributed by atoms with van der Waals surface area (Å²) < 4.78 is 0. The molecule has 0 bridgehead atoms. The topological polar surface area (TPSA) is 26.8 Å². The molecule has 0 spiro atoms. The zero-order valence-corrected chi connectivity index (χ0v) is 12.8. The first-order chi connectivity index (χ1) is 9.58. The molecule has 4 heteroatoms. The molecule has 2 rings (SSSR count). The normalized spacial score (nSPS) is 16.7. The van der Waals surface area contributed by atoms with Gasteiger partial charge in [0.2, 0.25) is 0 Å². The fraction of sp³-hybridized carbons (Fsp3) is 0.562. The van der Waals surface area contributed by atoms with Crippen molar-refractivity contribution in [2.24, 2.45) is 0 Å². The number of ketones is 1. The molecule has 1 saturated heterocycles. The van der Waals surface area contributed by atoms with Gasteiger partial charge in [0.05, 0.1) is 0 Å². The molecule has 0 radical (unpaired) electrons. The van der Waals surface area contributed by atoms with Crippen LogP contribution in [-0.2, 0) is 0 Å². The standard InChI is InChI=1S/C16H25N3O/c1-14(20)15-6-4-5-7-16(15)19-12-10-18(11-13-19)9-8-17(2)3/h4-7H,8-13H2,1-3H3. The largest absolute Gasteiger partial charge is 0.368 e. The molecule has 0 amide bonds. The maximum Gasteiger partial charge on any atom is 0.161 e. The highest BCUT2D eigenvalue weighted by Gasteiger charge is 2.19. The van der Waals surface area contributed by atoms with Crippen LogP contribution in [0.15, 0.2) is 24.3 Å². The Balaban J connectivity index is 1.95. The minimum Gasteiger partial charge on any atom is -0.368 e. The van der Waals surface area contributed by atoms with Gasteiger partial charge in [0.15, 0.2) is 5.78 Å². The van der Waals surface area contributed by atoms with Crippen molar-refractivity contribution in [3.63, 3.8) is 0 Å². The van der Waals surface area contributed by atoms with Crippen molar-refractivity contribution in [2.45, 2.75) is 6.92 Å². The zero-order valence-electron chi connectivity index (χ0n) is 12.8. The van der Waals surface area contributed by atoms with E-state index < -0.39 is 0 Å². The molecule has 20 heavy (non-hydrogen) atoms. The van der Waals surface area contributed by atoms with Crippen LogP contribution >= 0.6 is 0 Å². The quantitative estimate of drug-likeness (QED) is 0.762. The molecule has 110 valence electrons. The summed E-state index contributed by atoms with van der Waals surface area (Å²) in [4.78, 5) is 18.8. The minimum absolute atomic E-state index is 0.149. The Hall–Kier alpha value is -1.39. The van der Waals surface area contributed by atoms with E-state index in [0.29, 0.717) is 0 Å². The van der Waals surface area contributed by atoms with Crippen molar-refractivity contribution in [3.05, 3.63) is 29.8 Å². The lowest BCUT2D eigenvalue weighted by atomic mass is 10.1. The van der Waals surface area contributed by atoms with Gasteiger partial charge in [-0.3, -0.25) is 9.69 Å². The number of piperazine rings is 1. The van der Waals surface area contributed by atoms with E-state index in [2.05, 4.69) is 34.9 Å². The van der Waals surface area contributed by atoms with E-state index in [9.17, 15) is 4.79 Å². The molecule has 1 aromatic rings. The maximum absolute atomic E-state index is 11.7. The molecule has 1 aromatic carbocycles. The van der Waals surface area contributed by atoms with Crippen molar-refractivity contribution >= 4 is 11.5 Å². The third-order valence-electron chi connectivity index (χ3n) is 3.86. The number of likely N-dealkylation sites (N-methyl/N-ethyl adjacent to an activating group) is 1. The van der Waals surface area contributed by atoms with E-state index in [4.69, 9.17) is 0 Å². The van der Waals surface area contributed by atoms with Gasteiger partial charge < -0.3 is 9.80 Å². The van der Waals surface area contributed by atoms with Gasteiger partial charge in [-0.05, 0) is 33.2 Å². The summed E-state index contributed by atoms with van der Waals surface area (Å²) in [5.74, 6) is 0.149. The Morgan fingerprint density at radius 3 is 2.40 bits per heavy atom. The number of benzene rings is 1. The van der Waals surface area contributed by atoms with Gasteiger partial charge in [0.25, 0.3) is 0 Å². The fourth-order valence-corrected chi connectivity index (χ4v) is 2.60. The van der Waals surface area contributed by atoms with Gasteiger partial charge in [-0.25, -0.2) is 0 Å². The number of para-hydroxylation sites is 1. The van der Waals surface area contributed by atoms with Gasteiger partial charge in [-0.15, -0.1) is 0 Å². The molecule has 1 fully saturated rings. The summed E-state index contributed by atoms with van der Waals surface area (Å²) in [5.41, 5.74) is 1.93. The van der Waals surface area contributed by atoms with Crippen molar-refractivity contribution in [2.75, 3.05) is 58.3 Å². The van der Waals surface area contributed by atoms with Crippen LogP contribution in [0.5, 0.6) is 0 Å². The van der Waals surface area contributed by atoms with Gasteiger partial charge >= 0.3 is 0 Å². The van der Waals surface area contributed by atoms with Crippen LogP contribution in [0.4, 0.5) is 5.69 Å². The average molecular weight is 275 g/mol. The van der Waals surface area contributed by atoms with E-state index in [1.165, 1.54) is 0 Å². The maximum atomic E-state index is 11.7. The second-order valence-electron chi connectivity index (χ2n) is 5.71. The Labute approximate surface area is 122 Å². The zero-order chi connectivity index (χ0) is 14.5. The molecule has 1 aliphatic rings. The Bertz CT molecular complexity index is 451. The van der Waals surface area contributed by atoms with Gasteiger partial charge in [-0.2, -0.15) is 0 Å². The highest BCUT2D eigenvalue weighted by atomic mass is 16.1. The number of carbonyl (C=O) groups is 1. The number of hydrogen-bond acceptors (Lipinski definition) is 4. The molecule has 0 saturated carbocycles. The van der Waals surface area contributed by atoms with E-state index in [1.54, 1.807) is 6.92 Å². The van der Waals surface area contributed by atoms with Gasteiger partial charge in [-0.1, -0.05) is 12.1 Å². The second kappa shape index (κ2) is 6.86. The van der Waals surface area contributed by atoms with Gasteiger partial charge in [0, 0.05) is 50.5 Å². The van der Waals surface area contributed by atoms with E-state index >= 15 is 0 Å². The van der Waals surface area contributed by atoms with Crippen molar-refractivity contribution in [1.82, 2.24) is 9.80 Å². The number of hydrogen-bond donors (Lipinski definition) is 0. The minimum atomic E-state index is 0.149. The lowest BCUT2D eigenvalue weighted by Crippen LogP contribution is -2.48. The lowest BCUT2D eigenvalue weighted by molar-refractivity contribution is 0.101.